The van der Waals surface area contributed by atoms with Gasteiger partial charge in [-0.05, 0) is 30.7 Å². The van der Waals surface area contributed by atoms with Crippen LogP contribution in [0.2, 0.25) is 0 Å². The summed E-state index contributed by atoms with van der Waals surface area (Å²) in [6, 6.07) is 9.90. The van der Waals surface area contributed by atoms with E-state index in [0.717, 1.165) is 22.6 Å². The highest BCUT2D eigenvalue weighted by Crippen LogP contribution is 2.21. The zero-order valence-corrected chi connectivity index (χ0v) is 8.77. The van der Waals surface area contributed by atoms with Gasteiger partial charge in [-0.1, -0.05) is 12.1 Å². The molecule has 0 aliphatic rings. The zero-order chi connectivity index (χ0) is 10.7. The first kappa shape index (κ1) is 9.65. The third-order valence-corrected chi connectivity index (χ3v) is 2.20. The van der Waals surface area contributed by atoms with Gasteiger partial charge in [0.05, 0.1) is 19.0 Å². The number of nitrogens with zero attached hydrogens (tertiary/aromatic N) is 2. The average molecular weight is 200 g/mol. The normalized spacial score (nSPS) is 10.0. The number of aryl methyl sites for hydroxylation is 1. The number of hydrogen-bond donors (Lipinski definition) is 0. The molecule has 3 nitrogen and oxygen atoms in total. The van der Waals surface area contributed by atoms with E-state index in [2.05, 4.69) is 10.2 Å². The summed E-state index contributed by atoms with van der Waals surface area (Å²) in [5, 5.41) is 7.85. The number of ether oxygens (including phenoxy) is 1. The maximum Gasteiger partial charge on any atom is 0.118 e. The molecule has 76 valence electrons. The number of benzene rings is 1. The topological polar surface area (TPSA) is 35.0 Å². The molecule has 0 fully saturated rings. The number of methoxy groups -OCH3 is 1. The van der Waals surface area contributed by atoms with Crippen LogP contribution in [0, 0.1) is 6.92 Å². The Balaban J connectivity index is 2.37. The van der Waals surface area contributed by atoms with Crippen molar-refractivity contribution in [1.82, 2.24) is 10.2 Å². The molecule has 0 aliphatic heterocycles. The molecule has 0 radical (unpaired) electrons. The fourth-order valence-corrected chi connectivity index (χ4v) is 1.41. The summed E-state index contributed by atoms with van der Waals surface area (Å²) in [5.74, 6) is 0.859. The molecule has 0 amide bonds. The Hall–Kier alpha value is -1.90. The van der Waals surface area contributed by atoms with Crippen LogP contribution in [0.1, 0.15) is 5.69 Å². The maximum absolute atomic E-state index is 5.10. The summed E-state index contributed by atoms with van der Waals surface area (Å²) in [7, 11) is 1.66. The highest BCUT2D eigenvalue weighted by atomic mass is 16.5. The van der Waals surface area contributed by atoms with Crippen LogP contribution in [0.5, 0.6) is 5.75 Å². The van der Waals surface area contributed by atoms with Gasteiger partial charge in [0.2, 0.25) is 0 Å². The predicted molar refractivity (Wildman–Crippen MR) is 58.8 cm³/mol. The summed E-state index contributed by atoms with van der Waals surface area (Å²) in [6.45, 7) is 1.93. The van der Waals surface area contributed by atoms with Gasteiger partial charge in [-0.15, -0.1) is 0 Å². The van der Waals surface area contributed by atoms with Gasteiger partial charge < -0.3 is 4.74 Å². The molecule has 1 aromatic carbocycles. The second kappa shape index (κ2) is 4.09. The van der Waals surface area contributed by atoms with E-state index in [0.29, 0.717) is 0 Å². The van der Waals surface area contributed by atoms with Crippen LogP contribution in [0.25, 0.3) is 11.1 Å². The van der Waals surface area contributed by atoms with Crippen molar-refractivity contribution >= 4 is 0 Å². The Labute approximate surface area is 88.7 Å². The molecule has 0 unspecified atom stereocenters. The molecule has 1 heterocycles. The lowest BCUT2D eigenvalue weighted by atomic mass is 10.1. The first-order chi connectivity index (χ1) is 7.29. The van der Waals surface area contributed by atoms with E-state index in [4.69, 9.17) is 4.74 Å². The van der Waals surface area contributed by atoms with Gasteiger partial charge in [0.15, 0.2) is 0 Å². The minimum Gasteiger partial charge on any atom is -0.497 e. The summed E-state index contributed by atoms with van der Waals surface area (Å²) < 4.78 is 5.10. The van der Waals surface area contributed by atoms with E-state index < -0.39 is 0 Å². The highest BCUT2D eigenvalue weighted by molar-refractivity contribution is 5.63. The van der Waals surface area contributed by atoms with Crippen molar-refractivity contribution in [3.05, 3.63) is 42.2 Å². The van der Waals surface area contributed by atoms with Crippen LogP contribution < -0.4 is 4.74 Å². The quantitative estimate of drug-likeness (QED) is 0.747. The minimum atomic E-state index is 0.859. The number of rotatable bonds is 2. The van der Waals surface area contributed by atoms with Crippen molar-refractivity contribution in [2.24, 2.45) is 0 Å². The lowest BCUT2D eigenvalue weighted by molar-refractivity contribution is 0.415. The fourth-order valence-electron chi connectivity index (χ4n) is 1.41. The Morgan fingerprint density at radius 3 is 2.40 bits per heavy atom. The van der Waals surface area contributed by atoms with Gasteiger partial charge in [0.1, 0.15) is 5.75 Å². The van der Waals surface area contributed by atoms with Crippen molar-refractivity contribution in [2.75, 3.05) is 7.11 Å². The van der Waals surface area contributed by atoms with Crippen LogP contribution in [0.15, 0.2) is 36.5 Å². The molecule has 0 N–H and O–H groups in total. The van der Waals surface area contributed by atoms with Crippen molar-refractivity contribution in [2.45, 2.75) is 6.92 Å². The molecule has 0 saturated carbocycles. The third-order valence-electron chi connectivity index (χ3n) is 2.20. The van der Waals surface area contributed by atoms with E-state index in [1.165, 1.54) is 0 Å². The summed E-state index contributed by atoms with van der Waals surface area (Å²) in [4.78, 5) is 0. The van der Waals surface area contributed by atoms with Crippen LogP contribution in [-0.2, 0) is 0 Å². The van der Waals surface area contributed by atoms with Gasteiger partial charge in [0.25, 0.3) is 0 Å². The van der Waals surface area contributed by atoms with Crippen molar-refractivity contribution in [3.63, 3.8) is 0 Å². The lowest BCUT2D eigenvalue weighted by Gasteiger charge is -2.03. The number of hydrogen-bond acceptors (Lipinski definition) is 3. The van der Waals surface area contributed by atoms with Crippen molar-refractivity contribution < 1.29 is 4.74 Å². The highest BCUT2D eigenvalue weighted by Gasteiger charge is 1.99. The molecule has 2 rings (SSSR count). The molecule has 0 spiro atoms. The SMILES string of the molecule is COc1ccc(-c2cnnc(C)c2)cc1. The van der Waals surface area contributed by atoms with Crippen LogP contribution >= 0.6 is 0 Å². The smallest absolute Gasteiger partial charge is 0.118 e. The second-order valence-corrected chi connectivity index (χ2v) is 3.31. The molecule has 15 heavy (non-hydrogen) atoms. The van der Waals surface area contributed by atoms with Gasteiger partial charge in [-0.3, -0.25) is 0 Å². The Morgan fingerprint density at radius 2 is 1.80 bits per heavy atom. The maximum atomic E-state index is 5.10. The first-order valence-electron chi connectivity index (χ1n) is 4.73. The van der Waals surface area contributed by atoms with Crippen LogP contribution in [-0.4, -0.2) is 17.3 Å². The van der Waals surface area contributed by atoms with Crippen LogP contribution in [0.4, 0.5) is 0 Å². The molecular weight excluding hydrogens is 188 g/mol. The van der Waals surface area contributed by atoms with E-state index in [1.54, 1.807) is 13.3 Å². The lowest BCUT2D eigenvalue weighted by Crippen LogP contribution is -1.88. The Kier molecular flexibility index (Phi) is 2.63. The molecule has 1 aromatic heterocycles. The largest absolute Gasteiger partial charge is 0.497 e. The van der Waals surface area contributed by atoms with Crippen molar-refractivity contribution in [1.29, 1.82) is 0 Å². The Morgan fingerprint density at radius 1 is 1.07 bits per heavy atom. The molecule has 0 aliphatic carbocycles. The van der Waals surface area contributed by atoms with E-state index in [-0.39, 0.29) is 0 Å². The molecule has 0 saturated heterocycles. The summed E-state index contributed by atoms with van der Waals surface area (Å²) in [5.41, 5.74) is 3.11. The summed E-state index contributed by atoms with van der Waals surface area (Å²) >= 11 is 0. The van der Waals surface area contributed by atoms with E-state index >= 15 is 0 Å². The fraction of sp³-hybridized carbons (Fsp3) is 0.167. The molecule has 2 aromatic rings. The van der Waals surface area contributed by atoms with Crippen LogP contribution in [0.3, 0.4) is 0 Å². The predicted octanol–water partition coefficient (Wildman–Crippen LogP) is 2.46. The van der Waals surface area contributed by atoms with Gasteiger partial charge in [-0.25, -0.2) is 0 Å². The third kappa shape index (κ3) is 2.13. The van der Waals surface area contributed by atoms with Gasteiger partial charge >= 0.3 is 0 Å². The Bertz CT molecular complexity index is 451. The minimum absolute atomic E-state index is 0.859. The standard InChI is InChI=1S/C12H12N2O/c1-9-7-11(8-13-14-9)10-3-5-12(15-2)6-4-10/h3-8H,1-2H3. The van der Waals surface area contributed by atoms with Gasteiger partial charge in [-0.2, -0.15) is 10.2 Å². The zero-order valence-electron chi connectivity index (χ0n) is 8.77. The first-order valence-corrected chi connectivity index (χ1v) is 4.73. The molecule has 0 bridgehead atoms. The van der Waals surface area contributed by atoms with Crippen molar-refractivity contribution in [3.8, 4) is 16.9 Å². The average Bonchev–Trinajstić information content (AvgIpc) is 2.29. The monoisotopic (exact) mass is 200 g/mol. The molecule has 0 atom stereocenters. The van der Waals surface area contributed by atoms with E-state index in [9.17, 15) is 0 Å². The number of aromatic nitrogens is 2. The van der Waals surface area contributed by atoms with Gasteiger partial charge in [0, 0.05) is 5.56 Å². The summed E-state index contributed by atoms with van der Waals surface area (Å²) in [6.07, 6.45) is 1.76. The second-order valence-electron chi connectivity index (χ2n) is 3.31. The van der Waals surface area contributed by atoms with E-state index in [1.807, 2.05) is 37.3 Å². The molecular formula is C12H12N2O. The molecule has 3 heteroatoms.